The number of unbranched alkanes of at least 4 members (excludes halogenated alkanes) is 1. The van der Waals surface area contributed by atoms with Crippen molar-refractivity contribution in [2.24, 2.45) is 22.7 Å². The molecule has 1 heterocycles. The molecule has 0 amide bonds. The molecule has 0 aromatic rings. The van der Waals surface area contributed by atoms with Gasteiger partial charge in [-0.25, -0.2) is 0 Å². The number of fused-ring (bicyclic) bond motifs is 1. The molecule has 0 radical (unpaired) electrons. The highest BCUT2D eigenvalue weighted by molar-refractivity contribution is 7.80. The lowest BCUT2D eigenvalue weighted by atomic mass is 9.82. The van der Waals surface area contributed by atoms with Crippen molar-refractivity contribution in [1.82, 2.24) is 0 Å². The minimum absolute atomic E-state index is 0.00574. The van der Waals surface area contributed by atoms with E-state index in [1.807, 2.05) is 13.0 Å². The number of aliphatic hydroxyl groups excluding tert-OH is 3. The van der Waals surface area contributed by atoms with E-state index in [9.17, 15) is 15.5 Å². The first kappa shape index (κ1) is 22.0. The zero-order chi connectivity index (χ0) is 20.0. The Morgan fingerprint density at radius 1 is 1.48 bits per heavy atom. The average Bonchev–Trinajstić information content (AvgIpc) is 3.09. The molecule has 150 valence electrons. The Balaban J connectivity index is 2.03. The molecule has 27 heavy (non-hydrogen) atoms. The molecule has 5 nitrogen and oxygen atoms in total. The Hall–Kier alpha value is -1.29. The Morgan fingerprint density at radius 3 is 2.85 bits per heavy atom. The van der Waals surface area contributed by atoms with E-state index in [-0.39, 0.29) is 22.8 Å². The van der Waals surface area contributed by atoms with Gasteiger partial charge in [-0.05, 0) is 43.8 Å². The normalized spacial score (nSPS) is 32.1. The minimum atomic E-state index is -0.859. The van der Waals surface area contributed by atoms with E-state index in [2.05, 4.69) is 18.0 Å². The summed E-state index contributed by atoms with van der Waals surface area (Å²) >= 11 is 4.70. The van der Waals surface area contributed by atoms with Crippen LogP contribution in [0.5, 0.6) is 0 Å². The zero-order valence-electron chi connectivity index (χ0n) is 16.3. The number of rotatable bonds is 10. The monoisotopic (exact) mass is 392 g/mol. The maximum Gasteiger partial charge on any atom is 0.156 e. The summed E-state index contributed by atoms with van der Waals surface area (Å²) in [6.45, 7) is 4.18. The van der Waals surface area contributed by atoms with Gasteiger partial charge in [0.1, 0.15) is 0 Å². The van der Waals surface area contributed by atoms with E-state index in [1.165, 1.54) is 0 Å². The van der Waals surface area contributed by atoms with Gasteiger partial charge in [-0.1, -0.05) is 38.8 Å². The molecule has 2 rings (SSSR count). The second kappa shape index (κ2) is 9.77. The number of aliphatic imine (C=N–C) groups is 1. The van der Waals surface area contributed by atoms with Gasteiger partial charge < -0.3 is 15.3 Å². The van der Waals surface area contributed by atoms with Crippen LogP contribution in [0.2, 0.25) is 0 Å². The van der Waals surface area contributed by atoms with Gasteiger partial charge in [-0.15, -0.1) is 0 Å². The molecule has 0 spiro atoms. The van der Waals surface area contributed by atoms with Crippen LogP contribution in [0.4, 0.5) is 0 Å². The third-order valence-electron chi connectivity index (χ3n) is 6.03. The molecule has 6 atom stereocenters. The molecule has 2 aliphatic rings. The number of nitrogens with zero attached hydrogens (tertiary/aromatic N) is 2. The van der Waals surface area contributed by atoms with Gasteiger partial charge in [-0.2, -0.15) is 5.26 Å². The molecule has 6 unspecified atom stereocenters. The lowest BCUT2D eigenvalue weighted by molar-refractivity contribution is 0.136. The first-order chi connectivity index (χ1) is 12.8. The van der Waals surface area contributed by atoms with Crippen LogP contribution in [0, 0.1) is 29.1 Å². The lowest BCUT2D eigenvalue weighted by Gasteiger charge is -2.21. The fraction of sp³-hybridized carbons (Fsp3) is 0.762. The summed E-state index contributed by atoms with van der Waals surface area (Å²) in [5.41, 5.74) is 0.113. The molecule has 0 saturated heterocycles. The summed E-state index contributed by atoms with van der Waals surface area (Å²) in [6, 6.07) is 2.35. The summed E-state index contributed by atoms with van der Waals surface area (Å²) in [4.78, 5) is 4.67. The molecule has 1 aliphatic heterocycles. The van der Waals surface area contributed by atoms with E-state index in [0.29, 0.717) is 25.7 Å². The lowest BCUT2D eigenvalue weighted by Crippen LogP contribution is -2.27. The first-order valence-electron chi connectivity index (χ1n) is 10.1. The highest BCUT2D eigenvalue weighted by atomic mass is 32.1. The number of hydrogen-bond donors (Lipinski definition) is 3. The summed E-state index contributed by atoms with van der Waals surface area (Å²) < 4.78 is 0. The van der Waals surface area contributed by atoms with Gasteiger partial charge in [0.25, 0.3) is 0 Å². The van der Waals surface area contributed by atoms with Crippen molar-refractivity contribution in [2.75, 3.05) is 0 Å². The van der Waals surface area contributed by atoms with Crippen LogP contribution >= 0.6 is 12.2 Å². The van der Waals surface area contributed by atoms with Crippen LogP contribution in [0.25, 0.3) is 0 Å². The van der Waals surface area contributed by atoms with Crippen molar-refractivity contribution in [2.45, 2.75) is 83.0 Å². The van der Waals surface area contributed by atoms with Crippen molar-refractivity contribution >= 4 is 23.0 Å². The standard InChI is InChI=1S/C21H32N2O3S/c1-3-4-6-14(2)18(24)10-9-16-17-11-15(7-5-8-20(26)27)23-21(17,13-22)12-19(16)25/h9-10,14,16-19,24-25H,3-8,11-12H2,1-2H3,(H,26,27). The zero-order valence-corrected chi connectivity index (χ0v) is 17.2. The smallest absolute Gasteiger partial charge is 0.156 e. The molecule has 1 fully saturated rings. The largest absolute Gasteiger partial charge is 0.502 e. The van der Waals surface area contributed by atoms with Gasteiger partial charge in [0.05, 0.1) is 18.3 Å². The fourth-order valence-corrected chi connectivity index (χ4v) is 4.50. The molecule has 1 saturated carbocycles. The Labute approximate surface area is 167 Å². The first-order valence-corrected chi connectivity index (χ1v) is 10.5. The number of nitriles is 1. The summed E-state index contributed by atoms with van der Waals surface area (Å²) in [6.07, 6.45) is 8.64. The maximum absolute atomic E-state index is 10.5. The number of aliphatic hydroxyl groups is 3. The molecule has 0 aromatic carbocycles. The summed E-state index contributed by atoms with van der Waals surface area (Å²) in [5, 5.41) is 39.8. The second-order valence-corrected chi connectivity index (χ2v) is 8.59. The van der Waals surface area contributed by atoms with Crippen LogP contribution in [0.3, 0.4) is 0 Å². The Bertz CT molecular complexity index is 627. The molecular formula is C21H32N2O3S. The molecule has 6 heteroatoms. The van der Waals surface area contributed by atoms with E-state index in [4.69, 9.17) is 17.3 Å². The average molecular weight is 393 g/mol. The Kier molecular flexibility index (Phi) is 7.96. The molecule has 1 aliphatic carbocycles. The van der Waals surface area contributed by atoms with Crippen molar-refractivity contribution in [1.29, 1.82) is 5.26 Å². The topological polar surface area (TPSA) is 96.8 Å². The maximum atomic E-state index is 10.5. The SMILES string of the molecule is CCCCC(C)C(O)C=CC1C(O)CC2(C#N)N=C(CCCC(O)=S)CC12. The van der Waals surface area contributed by atoms with E-state index in [1.54, 1.807) is 6.08 Å². The molecule has 0 aromatic heterocycles. The van der Waals surface area contributed by atoms with Crippen molar-refractivity contribution in [3.63, 3.8) is 0 Å². The van der Waals surface area contributed by atoms with Crippen LogP contribution in [-0.4, -0.2) is 43.8 Å². The number of hydrogen-bond acceptors (Lipinski definition) is 5. The van der Waals surface area contributed by atoms with E-state index < -0.39 is 17.7 Å². The predicted molar refractivity (Wildman–Crippen MR) is 111 cm³/mol. The summed E-state index contributed by atoms with van der Waals surface area (Å²) in [7, 11) is 0. The van der Waals surface area contributed by atoms with Gasteiger partial charge in [0, 0.05) is 30.4 Å². The predicted octanol–water partition coefficient (Wildman–Crippen LogP) is 3.89. The van der Waals surface area contributed by atoms with E-state index in [0.717, 1.165) is 31.4 Å². The number of thiocarbonyl (C=S) groups is 1. The van der Waals surface area contributed by atoms with Crippen molar-refractivity contribution in [3.05, 3.63) is 12.2 Å². The highest BCUT2D eigenvalue weighted by Crippen LogP contribution is 2.49. The van der Waals surface area contributed by atoms with Crippen LogP contribution in [0.15, 0.2) is 17.1 Å². The highest BCUT2D eigenvalue weighted by Gasteiger charge is 2.56. The molecule has 0 bridgehead atoms. The van der Waals surface area contributed by atoms with Gasteiger partial charge in [0.2, 0.25) is 0 Å². The van der Waals surface area contributed by atoms with Gasteiger partial charge in [0.15, 0.2) is 10.6 Å². The fourth-order valence-electron chi connectivity index (χ4n) is 4.35. The molecule has 3 N–H and O–H groups in total. The quantitative estimate of drug-likeness (QED) is 0.387. The van der Waals surface area contributed by atoms with Gasteiger partial charge in [-0.3, -0.25) is 4.99 Å². The molecular weight excluding hydrogens is 360 g/mol. The van der Waals surface area contributed by atoms with Crippen LogP contribution < -0.4 is 0 Å². The second-order valence-electron chi connectivity index (χ2n) is 8.12. The van der Waals surface area contributed by atoms with Crippen molar-refractivity contribution < 1.29 is 15.3 Å². The minimum Gasteiger partial charge on any atom is -0.502 e. The summed E-state index contributed by atoms with van der Waals surface area (Å²) in [5.74, 6) is -0.0426. The Morgan fingerprint density at radius 2 is 2.22 bits per heavy atom. The van der Waals surface area contributed by atoms with Gasteiger partial charge >= 0.3 is 0 Å². The van der Waals surface area contributed by atoms with Crippen molar-refractivity contribution in [3.8, 4) is 6.07 Å². The van der Waals surface area contributed by atoms with Crippen LogP contribution in [-0.2, 0) is 0 Å². The van der Waals surface area contributed by atoms with Crippen LogP contribution in [0.1, 0.15) is 65.2 Å². The third kappa shape index (κ3) is 5.37. The van der Waals surface area contributed by atoms with E-state index >= 15 is 0 Å². The third-order valence-corrected chi connectivity index (χ3v) is 6.24.